The quantitative estimate of drug-likeness (QED) is 0.869. The number of aryl methyl sites for hydroxylation is 2. The van der Waals surface area contributed by atoms with E-state index in [-0.39, 0.29) is 5.56 Å². The number of hydrogen-bond acceptors (Lipinski definition) is 4. The van der Waals surface area contributed by atoms with Crippen LogP contribution in [0.5, 0.6) is 0 Å². The summed E-state index contributed by atoms with van der Waals surface area (Å²) in [6, 6.07) is 7.41. The van der Waals surface area contributed by atoms with Gasteiger partial charge >= 0.3 is 5.97 Å². The molecule has 88 valence electrons. The number of carboxylic acids is 1. The highest BCUT2D eigenvalue weighted by molar-refractivity contribution is 7.16. The van der Waals surface area contributed by atoms with E-state index in [1.165, 1.54) is 11.3 Å². The summed E-state index contributed by atoms with van der Waals surface area (Å²) in [6.45, 7) is 0. The summed E-state index contributed by atoms with van der Waals surface area (Å²) in [5.74, 6) is -0.970. The minimum atomic E-state index is -0.970. The molecule has 4 nitrogen and oxygen atoms in total. The van der Waals surface area contributed by atoms with Crippen LogP contribution in [0.4, 0.5) is 5.00 Å². The molecule has 0 atom stereocenters. The molecule has 0 aliphatic heterocycles. The van der Waals surface area contributed by atoms with Crippen molar-refractivity contribution in [2.75, 3.05) is 5.73 Å². The number of carboxylic acid groups (broad SMARTS) is 1. The molecule has 0 fully saturated rings. The Bertz CT molecular complexity index is 523. The van der Waals surface area contributed by atoms with Crippen molar-refractivity contribution in [1.29, 1.82) is 0 Å². The third-order valence-corrected chi connectivity index (χ3v) is 3.42. The van der Waals surface area contributed by atoms with Crippen molar-refractivity contribution in [2.45, 2.75) is 12.8 Å². The predicted octanol–water partition coefficient (Wildman–Crippen LogP) is 2.21. The first-order valence-electron chi connectivity index (χ1n) is 5.18. The number of pyridine rings is 1. The second-order valence-corrected chi connectivity index (χ2v) is 4.79. The molecular weight excluding hydrogens is 236 g/mol. The zero-order chi connectivity index (χ0) is 12.3. The topological polar surface area (TPSA) is 76.2 Å². The lowest BCUT2D eigenvalue weighted by molar-refractivity contribution is 0.0698. The lowest BCUT2D eigenvalue weighted by atomic mass is 10.2. The highest BCUT2D eigenvalue weighted by atomic mass is 32.1. The summed E-state index contributed by atoms with van der Waals surface area (Å²) in [5, 5.41) is 9.25. The van der Waals surface area contributed by atoms with Gasteiger partial charge in [-0.2, -0.15) is 0 Å². The number of aromatic nitrogens is 1. The Hall–Kier alpha value is -1.88. The maximum atomic E-state index is 10.8. The van der Waals surface area contributed by atoms with Gasteiger partial charge in [-0.25, -0.2) is 4.79 Å². The summed E-state index contributed by atoms with van der Waals surface area (Å²) in [5.41, 5.74) is 6.83. The lowest BCUT2D eigenvalue weighted by Crippen LogP contribution is -1.97. The smallest absolute Gasteiger partial charge is 0.338 e. The molecule has 2 rings (SSSR count). The standard InChI is InChI=1S/C12H12N2O2S/c13-11-10(12(15)16)7-9(17-11)5-4-8-3-1-2-6-14-8/h1-3,6-7H,4-5,13H2,(H,15,16). The largest absolute Gasteiger partial charge is 0.478 e. The van der Waals surface area contributed by atoms with Crippen molar-refractivity contribution in [3.63, 3.8) is 0 Å². The summed E-state index contributed by atoms with van der Waals surface area (Å²) >= 11 is 1.33. The maximum Gasteiger partial charge on any atom is 0.338 e. The van der Waals surface area contributed by atoms with Crippen LogP contribution in [0.2, 0.25) is 0 Å². The van der Waals surface area contributed by atoms with Gasteiger partial charge in [0.05, 0.1) is 5.56 Å². The average molecular weight is 248 g/mol. The van der Waals surface area contributed by atoms with E-state index < -0.39 is 5.97 Å². The molecule has 0 saturated heterocycles. The second kappa shape index (κ2) is 4.97. The molecule has 0 aliphatic rings. The number of rotatable bonds is 4. The molecule has 5 heteroatoms. The van der Waals surface area contributed by atoms with E-state index in [9.17, 15) is 4.79 Å². The van der Waals surface area contributed by atoms with E-state index in [0.29, 0.717) is 5.00 Å². The Labute approximate surface area is 103 Å². The molecule has 0 aliphatic carbocycles. The van der Waals surface area contributed by atoms with Crippen LogP contribution < -0.4 is 5.73 Å². The van der Waals surface area contributed by atoms with Gasteiger partial charge in [0.1, 0.15) is 5.00 Å². The van der Waals surface area contributed by atoms with Crippen molar-refractivity contribution >= 4 is 22.3 Å². The Balaban J connectivity index is 2.05. The van der Waals surface area contributed by atoms with E-state index in [1.807, 2.05) is 18.2 Å². The molecule has 0 spiro atoms. The van der Waals surface area contributed by atoms with E-state index in [2.05, 4.69) is 4.98 Å². The fraction of sp³-hybridized carbons (Fsp3) is 0.167. The molecule has 0 saturated carbocycles. The number of nitrogens with zero attached hydrogens (tertiary/aromatic N) is 1. The van der Waals surface area contributed by atoms with Gasteiger partial charge < -0.3 is 10.8 Å². The summed E-state index contributed by atoms with van der Waals surface area (Å²) in [7, 11) is 0. The third-order valence-electron chi connectivity index (χ3n) is 2.40. The number of thiophene rings is 1. The average Bonchev–Trinajstić information content (AvgIpc) is 2.69. The van der Waals surface area contributed by atoms with Crippen LogP contribution in [-0.4, -0.2) is 16.1 Å². The molecule has 2 aromatic rings. The molecule has 2 aromatic heterocycles. The van der Waals surface area contributed by atoms with Crippen LogP contribution in [0.1, 0.15) is 20.9 Å². The number of aromatic carboxylic acids is 1. The summed E-state index contributed by atoms with van der Waals surface area (Å²) in [6.07, 6.45) is 3.31. The minimum Gasteiger partial charge on any atom is -0.478 e. The Morgan fingerprint density at radius 3 is 2.82 bits per heavy atom. The van der Waals surface area contributed by atoms with Crippen LogP contribution >= 0.6 is 11.3 Å². The molecule has 2 heterocycles. The van der Waals surface area contributed by atoms with Crippen molar-refractivity contribution in [1.82, 2.24) is 4.98 Å². The van der Waals surface area contributed by atoms with Gasteiger partial charge in [-0.15, -0.1) is 11.3 Å². The van der Waals surface area contributed by atoms with Gasteiger partial charge in [0.15, 0.2) is 0 Å². The number of carbonyl (C=O) groups is 1. The third kappa shape index (κ3) is 2.82. The normalized spacial score (nSPS) is 10.4. The molecular formula is C12H12N2O2S. The first-order chi connectivity index (χ1) is 8.16. The van der Waals surface area contributed by atoms with Crippen LogP contribution in [0.15, 0.2) is 30.5 Å². The molecule has 0 aromatic carbocycles. The molecule has 3 N–H and O–H groups in total. The van der Waals surface area contributed by atoms with Gasteiger partial charge in [0, 0.05) is 16.8 Å². The van der Waals surface area contributed by atoms with Crippen LogP contribution in [0, 0.1) is 0 Å². The highest BCUT2D eigenvalue weighted by Crippen LogP contribution is 2.25. The van der Waals surface area contributed by atoms with Crippen molar-refractivity contribution in [2.24, 2.45) is 0 Å². The van der Waals surface area contributed by atoms with Gasteiger partial charge in [-0.3, -0.25) is 4.98 Å². The summed E-state index contributed by atoms with van der Waals surface area (Å²) in [4.78, 5) is 16.0. The summed E-state index contributed by atoms with van der Waals surface area (Å²) < 4.78 is 0. The van der Waals surface area contributed by atoms with Crippen molar-refractivity contribution in [3.05, 3.63) is 46.6 Å². The van der Waals surface area contributed by atoms with Crippen LogP contribution in [0.3, 0.4) is 0 Å². The van der Waals surface area contributed by atoms with E-state index >= 15 is 0 Å². The Morgan fingerprint density at radius 2 is 2.24 bits per heavy atom. The second-order valence-electron chi connectivity index (χ2n) is 3.62. The Kier molecular flexibility index (Phi) is 3.39. The number of anilines is 1. The van der Waals surface area contributed by atoms with Gasteiger partial charge in [-0.05, 0) is 31.0 Å². The maximum absolute atomic E-state index is 10.8. The fourth-order valence-electron chi connectivity index (χ4n) is 1.55. The van der Waals surface area contributed by atoms with Gasteiger partial charge in [0.25, 0.3) is 0 Å². The minimum absolute atomic E-state index is 0.200. The van der Waals surface area contributed by atoms with E-state index in [1.54, 1.807) is 12.3 Å². The van der Waals surface area contributed by atoms with Gasteiger partial charge in [-0.1, -0.05) is 6.07 Å². The number of hydrogen-bond donors (Lipinski definition) is 2. The monoisotopic (exact) mass is 248 g/mol. The molecule has 0 bridgehead atoms. The lowest BCUT2D eigenvalue weighted by Gasteiger charge is -1.97. The van der Waals surface area contributed by atoms with E-state index in [4.69, 9.17) is 10.8 Å². The zero-order valence-electron chi connectivity index (χ0n) is 9.09. The molecule has 0 amide bonds. The molecule has 17 heavy (non-hydrogen) atoms. The van der Waals surface area contributed by atoms with Crippen LogP contribution in [0.25, 0.3) is 0 Å². The molecule has 0 unspecified atom stereocenters. The zero-order valence-corrected chi connectivity index (χ0v) is 9.91. The molecule has 0 radical (unpaired) electrons. The highest BCUT2D eigenvalue weighted by Gasteiger charge is 2.12. The van der Waals surface area contributed by atoms with Crippen molar-refractivity contribution < 1.29 is 9.90 Å². The number of nitrogens with two attached hydrogens (primary N) is 1. The first kappa shape index (κ1) is 11.6. The van der Waals surface area contributed by atoms with Crippen molar-refractivity contribution in [3.8, 4) is 0 Å². The Morgan fingerprint density at radius 1 is 1.41 bits per heavy atom. The van der Waals surface area contributed by atoms with Gasteiger partial charge in [0.2, 0.25) is 0 Å². The number of nitrogen functional groups attached to an aromatic ring is 1. The first-order valence-corrected chi connectivity index (χ1v) is 6.00. The van der Waals surface area contributed by atoms with Crippen LogP contribution in [-0.2, 0) is 12.8 Å². The fourth-order valence-corrected chi connectivity index (χ4v) is 2.46. The van der Waals surface area contributed by atoms with E-state index in [0.717, 1.165) is 23.4 Å². The predicted molar refractivity (Wildman–Crippen MR) is 67.3 cm³/mol. The SMILES string of the molecule is Nc1sc(CCc2ccccn2)cc1C(=O)O.